The lowest BCUT2D eigenvalue weighted by Crippen LogP contribution is -2.35. The predicted octanol–water partition coefficient (Wildman–Crippen LogP) is 5.34. The summed E-state index contributed by atoms with van der Waals surface area (Å²) in [5, 5.41) is 0. The van der Waals surface area contributed by atoms with Gasteiger partial charge in [0.05, 0.1) is 16.5 Å². The molecule has 1 aliphatic carbocycles. The lowest BCUT2D eigenvalue weighted by Gasteiger charge is -2.34. The van der Waals surface area contributed by atoms with Crippen LogP contribution in [0.5, 0.6) is 0 Å². The van der Waals surface area contributed by atoms with Crippen molar-refractivity contribution in [3.05, 3.63) is 52.2 Å². The van der Waals surface area contributed by atoms with Gasteiger partial charge in [0.2, 0.25) is 5.92 Å². The van der Waals surface area contributed by atoms with Gasteiger partial charge in [-0.1, -0.05) is 6.07 Å². The number of thioether (sulfide) groups is 1. The number of benzene rings is 1. The van der Waals surface area contributed by atoms with Crippen molar-refractivity contribution in [2.75, 3.05) is 12.4 Å². The molecule has 0 radical (unpaired) electrons. The van der Waals surface area contributed by atoms with E-state index >= 15 is 0 Å². The number of aryl methyl sites for hydroxylation is 3. The molecule has 5 nitrogen and oxygen atoms in total. The molecule has 1 aliphatic rings. The van der Waals surface area contributed by atoms with Crippen LogP contribution in [0.2, 0.25) is 0 Å². The zero-order valence-corrected chi connectivity index (χ0v) is 19.7. The molecule has 1 aromatic carbocycles. The topological polar surface area (TPSA) is 49.1 Å². The molecule has 172 valence electrons. The van der Waals surface area contributed by atoms with Gasteiger partial charge in [0.25, 0.3) is 5.56 Å². The second-order valence-corrected chi connectivity index (χ2v) is 9.91. The van der Waals surface area contributed by atoms with E-state index in [4.69, 9.17) is 9.72 Å². The van der Waals surface area contributed by atoms with E-state index < -0.39 is 5.92 Å². The van der Waals surface area contributed by atoms with Gasteiger partial charge in [-0.3, -0.25) is 4.79 Å². The maximum Gasteiger partial charge on any atom is 0.253 e. The van der Waals surface area contributed by atoms with E-state index in [1.54, 1.807) is 30.3 Å². The van der Waals surface area contributed by atoms with Gasteiger partial charge < -0.3 is 13.9 Å². The molecule has 0 amide bonds. The van der Waals surface area contributed by atoms with Crippen LogP contribution in [0, 0.1) is 6.92 Å². The number of hydrogen-bond donors (Lipinski definition) is 0. The Morgan fingerprint density at radius 3 is 2.69 bits per heavy atom. The molecule has 32 heavy (non-hydrogen) atoms. The molecule has 0 spiro atoms. The first kappa shape index (κ1) is 23.0. The molecule has 3 aromatic rings. The van der Waals surface area contributed by atoms with Crippen molar-refractivity contribution in [1.82, 2.24) is 14.1 Å². The Hall–Kier alpha value is -2.19. The summed E-state index contributed by atoms with van der Waals surface area (Å²) in [6, 6.07) is 7.86. The maximum absolute atomic E-state index is 13.6. The van der Waals surface area contributed by atoms with E-state index in [1.165, 1.54) is 0 Å². The van der Waals surface area contributed by atoms with Crippen molar-refractivity contribution >= 4 is 22.8 Å². The van der Waals surface area contributed by atoms with E-state index in [2.05, 4.69) is 10.6 Å². The van der Waals surface area contributed by atoms with Crippen LogP contribution in [0.25, 0.3) is 22.2 Å². The first-order valence-corrected chi connectivity index (χ1v) is 12.0. The minimum atomic E-state index is -2.59. The van der Waals surface area contributed by atoms with Gasteiger partial charge in [-0.05, 0) is 50.1 Å². The number of ether oxygens (including phenoxy) is 1. The van der Waals surface area contributed by atoms with Crippen LogP contribution in [0.15, 0.2) is 35.3 Å². The summed E-state index contributed by atoms with van der Waals surface area (Å²) in [6.07, 6.45) is 1.53. The Balaban J connectivity index is 1.71. The van der Waals surface area contributed by atoms with Crippen molar-refractivity contribution in [1.29, 1.82) is 0 Å². The number of halogens is 2. The fourth-order valence-electron chi connectivity index (χ4n) is 4.34. The molecule has 1 fully saturated rings. The van der Waals surface area contributed by atoms with Crippen LogP contribution in [-0.4, -0.2) is 37.8 Å². The van der Waals surface area contributed by atoms with Crippen molar-refractivity contribution in [2.45, 2.75) is 57.4 Å². The molecule has 0 bridgehead atoms. The molecule has 0 N–H and O–H groups in total. The summed E-state index contributed by atoms with van der Waals surface area (Å²) in [6.45, 7) is 7.13. The number of rotatable bonds is 8. The molecule has 0 saturated heterocycles. The lowest BCUT2D eigenvalue weighted by atomic mass is 9.81. The molecule has 2 aromatic heterocycles. The van der Waals surface area contributed by atoms with E-state index in [9.17, 15) is 13.6 Å². The number of alkyl halides is 2. The number of aromatic nitrogens is 3. The van der Waals surface area contributed by atoms with Gasteiger partial charge >= 0.3 is 0 Å². The summed E-state index contributed by atoms with van der Waals surface area (Å²) >= 11 is 1.70. The van der Waals surface area contributed by atoms with Crippen LogP contribution >= 0.6 is 11.8 Å². The Morgan fingerprint density at radius 2 is 2.03 bits per heavy atom. The summed E-state index contributed by atoms with van der Waals surface area (Å²) < 4.78 is 36.5. The largest absolute Gasteiger partial charge is 0.368 e. The second kappa shape index (κ2) is 8.98. The summed E-state index contributed by atoms with van der Waals surface area (Å²) in [5.41, 5.74) is 4.39. The summed E-state index contributed by atoms with van der Waals surface area (Å²) in [4.78, 5) is 16.8. The highest BCUT2D eigenvalue weighted by atomic mass is 32.2. The number of nitrogens with zero attached hydrogens (tertiary/aromatic N) is 3. The Morgan fingerprint density at radius 1 is 1.28 bits per heavy atom. The van der Waals surface area contributed by atoms with E-state index in [1.807, 2.05) is 38.2 Å². The molecule has 2 heterocycles. The van der Waals surface area contributed by atoms with Gasteiger partial charge in [0.15, 0.2) is 0 Å². The first-order valence-electron chi connectivity index (χ1n) is 11.0. The van der Waals surface area contributed by atoms with Crippen LogP contribution in [0.3, 0.4) is 0 Å². The first-order chi connectivity index (χ1) is 15.2. The fourth-order valence-corrected chi connectivity index (χ4v) is 5.19. The third kappa shape index (κ3) is 4.62. The maximum atomic E-state index is 13.6. The zero-order chi connectivity index (χ0) is 23.0. The highest BCUT2D eigenvalue weighted by molar-refractivity contribution is 7.99. The smallest absolute Gasteiger partial charge is 0.253 e. The van der Waals surface area contributed by atoms with Crippen LogP contribution < -0.4 is 5.56 Å². The SMILES string of the molecule is CCOC(C)SCCn1c(C2CC(F)(F)C2)nc2ccc(-c3cc(C)c(=O)n(C)c3)cc21. The molecular formula is C24H29F2N3O2S. The van der Waals surface area contributed by atoms with Gasteiger partial charge in [-0.15, -0.1) is 11.8 Å². The Labute approximate surface area is 190 Å². The standard InChI is InChI=1S/C24H29F2N3O2S/c1-5-31-16(3)32-9-8-29-21-11-17(18-10-15(2)23(30)28(4)14-18)6-7-20(21)27-22(29)19-12-24(25,26)13-19/h6-7,10-11,14,16,19H,5,8-9,12-13H2,1-4H3. The monoisotopic (exact) mass is 461 g/mol. The number of hydrogen-bond acceptors (Lipinski definition) is 4. The number of imidazole rings is 1. The summed E-state index contributed by atoms with van der Waals surface area (Å²) in [7, 11) is 1.74. The van der Waals surface area contributed by atoms with Crippen molar-refractivity contribution in [2.24, 2.45) is 7.05 Å². The van der Waals surface area contributed by atoms with Gasteiger partial charge in [0.1, 0.15) is 5.82 Å². The molecule has 1 atom stereocenters. The second-order valence-electron chi connectivity index (χ2n) is 8.51. The number of fused-ring (bicyclic) bond motifs is 1. The van der Waals surface area contributed by atoms with Gasteiger partial charge in [0, 0.05) is 56.5 Å². The fraction of sp³-hybridized carbons (Fsp3) is 0.500. The van der Waals surface area contributed by atoms with Crippen molar-refractivity contribution in [3.63, 3.8) is 0 Å². The molecule has 4 rings (SSSR count). The number of pyridine rings is 1. The molecule has 8 heteroatoms. The molecule has 1 saturated carbocycles. The minimum absolute atomic E-state index is 0.0199. The minimum Gasteiger partial charge on any atom is -0.368 e. The molecular weight excluding hydrogens is 432 g/mol. The summed E-state index contributed by atoms with van der Waals surface area (Å²) in [5.74, 6) is -1.28. The third-order valence-electron chi connectivity index (χ3n) is 6.00. The highest BCUT2D eigenvalue weighted by Crippen LogP contribution is 2.48. The van der Waals surface area contributed by atoms with E-state index in [-0.39, 0.29) is 29.8 Å². The van der Waals surface area contributed by atoms with E-state index in [0.29, 0.717) is 18.7 Å². The Bertz CT molecular complexity index is 1150. The zero-order valence-electron chi connectivity index (χ0n) is 18.9. The lowest BCUT2D eigenvalue weighted by molar-refractivity contribution is -0.0890. The van der Waals surface area contributed by atoms with Gasteiger partial charge in [-0.2, -0.15) is 0 Å². The Kier molecular flexibility index (Phi) is 6.45. The average molecular weight is 462 g/mol. The highest BCUT2D eigenvalue weighted by Gasteiger charge is 2.47. The van der Waals surface area contributed by atoms with Gasteiger partial charge in [-0.25, -0.2) is 13.8 Å². The van der Waals surface area contributed by atoms with Crippen molar-refractivity contribution in [3.8, 4) is 11.1 Å². The quantitative estimate of drug-likeness (QED) is 0.425. The van der Waals surface area contributed by atoms with E-state index in [0.717, 1.165) is 33.7 Å². The molecule has 0 aliphatic heterocycles. The van der Waals surface area contributed by atoms with Crippen LogP contribution in [-0.2, 0) is 18.3 Å². The van der Waals surface area contributed by atoms with Crippen LogP contribution in [0.4, 0.5) is 8.78 Å². The van der Waals surface area contributed by atoms with Crippen LogP contribution in [0.1, 0.15) is 44.0 Å². The average Bonchev–Trinajstić information content (AvgIpc) is 3.07. The third-order valence-corrected chi connectivity index (χ3v) is 7.02. The predicted molar refractivity (Wildman–Crippen MR) is 126 cm³/mol. The van der Waals surface area contributed by atoms with Crippen molar-refractivity contribution < 1.29 is 13.5 Å². The normalized spacial score (nSPS) is 16.9. The molecule has 1 unspecified atom stereocenters.